The predicted octanol–water partition coefficient (Wildman–Crippen LogP) is 3.84. The highest BCUT2D eigenvalue weighted by Gasteiger charge is 2.38. The molecule has 2 aromatic carbocycles. The van der Waals surface area contributed by atoms with Gasteiger partial charge in [0.25, 0.3) is 0 Å². The first kappa shape index (κ1) is 18.3. The zero-order chi connectivity index (χ0) is 19.3. The Morgan fingerprint density at radius 1 is 1.14 bits per heavy atom. The summed E-state index contributed by atoms with van der Waals surface area (Å²) in [6.07, 6.45) is 3.27. The van der Waals surface area contributed by atoms with Gasteiger partial charge in [0.05, 0.1) is 36.9 Å². The first-order valence-electron chi connectivity index (χ1n) is 9.49. The van der Waals surface area contributed by atoms with E-state index in [1.54, 1.807) is 0 Å². The minimum atomic E-state index is -0.296. The minimum Gasteiger partial charge on any atom is -0.445 e. The topological polar surface area (TPSA) is 62.6 Å². The maximum absolute atomic E-state index is 12.7. The first-order valence-corrected chi connectivity index (χ1v) is 9.49. The van der Waals surface area contributed by atoms with Gasteiger partial charge < -0.3 is 9.47 Å². The van der Waals surface area contributed by atoms with Crippen LogP contribution in [-0.2, 0) is 22.5 Å². The predicted molar refractivity (Wildman–Crippen MR) is 104 cm³/mol. The Morgan fingerprint density at radius 3 is 2.71 bits per heavy atom. The summed E-state index contributed by atoms with van der Waals surface area (Å²) in [6.45, 7) is 1.25. The van der Waals surface area contributed by atoms with Gasteiger partial charge >= 0.3 is 6.09 Å². The van der Waals surface area contributed by atoms with Gasteiger partial charge in [-0.05, 0) is 30.0 Å². The van der Waals surface area contributed by atoms with Crippen molar-refractivity contribution in [3.63, 3.8) is 0 Å². The van der Waals surface area contributed by atoms with E-state index >= 15 is 0 Å². The van der Waals surface area contributed by atoms with Gasteiger partial charge in [0, 0.05) is 0 Å². The molecule has 2 heterocycles. The van der Waals surface area contributed by atoms with Crippen LogP contribution in [0.1, 0.15) is 23.1 Å². The summed E-state index contributed by atoms with van der Waals surface area (Å²) < 4.78 is 11.2. The Hall–Kier alpha value is -3.10. The molecule has 2 aromatic rings. The average molecular weight is 374 g/mol. The third-order valence-electron chi connectivity index (χ3n) is 5.25. The molecular weight excluding hydrogens is 352 g/mol. The van der Waals surface area contributed by atoms with Gasteiger partial charge in [0.15, 0.2) is 0 Å². The first-order chi connectivity index (χ1) is 13.7. The van der Waals surface area contributed by atoms with Crippen molar-refractivity contribution in [1.82, 2.24) is 4.90 Å². The summed E-state index contributed by atoms with van der Waals surface area (Å²) in [5.74, 6) is 0. The van der Waals surface area contributed by atoms with E-state index in [-0.39, 0.29) is 24.8 Å². The largest absolute Gasteiger partial charge is 0.445 e. The van der Waals surface area contributed by atoms with Crippen LogP contribution in [0.15, 0.2) is 66.2 Å². The molecule has 2 bridgehead atoms. The fourth-order valence-electron chi connectivity index (χ4n) is 3.92. The lowest BCUT2D eigenvalue weighted by atomic mass is 9.89. The monoisotopic (exact) mass is 374 g/mol. The van der Waals surface area contributed by atoms with Gasteiger partial charge in [0.2, 0.25) is 0 Å². The van der Waals surface area contributed by atoms with Gasteiger partial charge in [0.1, 0.15) is 6.61 Å². The van der Waals surface area contributed by atoms with Crippen molar-refractivity contribution in [2.45, 2.75) is 31.5 Å². The maximum Gasteiger partial charge on any atom is 0.411 e. The smallest absolute Gasteiger partial charge is 0.411 e. The molecule has 0 saturated carbocycles. The number of morpholine rings is 1. The molecule has 5 nitrogen and oxygen atoms in total. The number of carbonyl (C=O) groups excluding carboxylic acids is 1. The Labute approximate surface area is 164 Å². The van der Waals surface area contributed by atoms with Crippen LogP contribution in [0.3, 0.4) is 0 Å². The number of amides is 1. The normalized spacial score (nSPS) is 20.8. The molecule has 2 aliphatic rings. The van der Waals surface area contributed by atoms with E-state index in [1.165, 1.54) is 5.57 Å². The van der Waals surface area contributed by atoms with E-state index in [4.69, 9.17) is 9.47 Å². The molecule has 5 heteroatoms. The summed E-state index contributed by atoms with van der Waals surface area (Å²) in [5.41, 5.74) is 3.94. The summed E-state index contributed by atoms with van der Waals surface area (Å²) in [4.78, 5) is 14.5. The Bertz CT molecular complexity index is 917. The van der Waals surface area contributed by atoms with Crippen LogP contribution in [0.2, 0.25) is 0 Å². The van der Waals surface area contributed by atoms with Crippen molar-refractivity contribution in [3.8, 4) is 6.07 Å². The number of ether oxygens (including phenoxy) is 2. The molecule has 2 unspecified atom stereocenters. The quantitative estimate of drug-likeness (QED) is 0.763. The Balaban J connectivity index is 1.46. The van der Waals surface area contributed by atoms with Crippen LogP contribution in [0, 0.1) is 11.3 Å². The second-order valence-corrected chi connectivity index (χ2v) is 7.18. The van der Waals surface area contributed by atoms with Gasteiger partial charge in [-0.1, -0.05) is 60.2 Å². The number of rotatable bonds is 4. The Kier molecular flexibility index (Phi) is 5.41. The number of benzene rings is 2. The summed E-state index contributed by atoms with van der Waals surface area (Å²) >= 11 is 0. The lowest BCUT2D eigenvalue weighted by Gasteiger charge is -2.43. The van der Waals surface area contributed by atoms with Gasteiger partial charge in [-0.25, -0.2) is 4.79 Å². The van der Waals surface area contributed by atoms with Gasteiger partial charge in [-0.2, -0.15) is 5.26 Å². The zero-order valence-electron chi connectivity index (χ0n) is 15.6. The third kappa shape index (κ3) is 3.92. The van der Waals surface area contributed by atoms with Crippen LogP contribution < -0.4 is 0 Å². The number of nitriles is 1. The number of nitrogens with zero attached hydrogens (tertiary/aromatic N) is 2. The molecule has 2 atom stereocenters. The standard InChI is InChI=1S/C23H22N2O3/c24-13-20-9-5-4-8-19(20)10-18-11-21-15-27-16-22(12-18)25(21)23(26)28-14-17-6-2-1-3-7-17/h1-9,11,21-22H,10,12,14-16H2. The molecule has 0 N–H and O–H groups in total. The number of hydrogen-bond acceptors (Lipinski definition) is 4. The highest BCUT2D eigenvalue weighted by molar-refractivity contribution is 5.69. The minimum absolute atomic E-state index is 0.0312. The van der Waals surface area contributed by atoms with Crippen LogP contribution in [0.4, 0.5) is 4.79 Å². The van der Waals surface area contributed by atoms with Crippen molar-refractivity contribution in [1.29, 1.82) is 5.26 Å². The lowest BCUT2D eigenvalue weighted by molar-refractivity contribution is -0.0374. The van der Waals surface area contributed by atoms with E-state index in [0.29, 0.717) is 18.8 Å². The fourth-order valence-corrected chi connectivity index (χ4v) is 3.92. The molecule has 142 valence electrons. The SMILES string of the molecule is N#Cc1ccccc1CC1=CC2COCC(C1)N2C(=O)OCc1ccccc1. The van der Waals surface area contributed by atoms with E-state index in [1.807, 2.05) is 59.5 Å². The van der Waals surface area contributed by atoms with Crippen LogP contribution in [0.5, 0.6) is 0 Å². The van der Waals surface area contributed by atoms with Crippen LogP contribution in [0.25, 0.3) is 0 Å². The number of carbonyl (C=O) groups is 1. The molecular formula is C23H22N2O3. The summed E-state index contributed by atoms with van der Waals surface area (Å²) in [7, 11) is 0. The molecule has 0 aliphatic carbocycles. The summed E-state index contributed by atoms with van der Waals surface area (Å²) in [6, 6.07) is 19.5. The number of hydrogen-bond donors (Lipinski definition) is 0. The molecule has 1 fully saturated rings. The van der Waals surface area contributed by atoms with Crippen molar-refractivity contribution in [2.75, 3.05) is 13.2 Å². The highest BCUT2D eigenvalue weighted by atomic mass is 16.6. The molecule has 1 amide bonds. The van der Waals surface area contributed by atoms with Crippen LogP contribution in [-0.4, -0.2) is 36.3 Å². The lowest BCUT2D eigenvalue weighted by Crippen LogP contribution is -2.56. The van der Waals surface area contributed by atoms with Gasteiger partial charge in [-0.15, -0.1) is 0 Å². The third-order valence-corrected chi connectivity index (χ3v) is 5.25. The number of fused-ring (bicyclic) bond motifs is 2. The molecule has 0 aromatic heterocycles. The van der Waals surface area contributed by atoms with E-state index < -0.39 is 0 Å². The maximum atomic E-state index is 12.7. The molecule has 28 heavy (non-hydrogen) atoms. The zero-order valence-corrected chi connectivity index (χ0v) is 15.6. The highest BCUT2D eigenvalue weighted by Crippen LogP contribution is 2.30. The second kappa shape index (κ2) is 8.28. The van der Waals surface area contributed by atoms with E-state index in [0.717, 1.165) is 24.0 Å². The average Bonchev–Trinajstić information content (AvgIpc) is 2.72. The van der Waals surface area contributed by atoms with Crippen molar-refractivity contribution in [3.05, 3.63) is 82.9 Å². The van der Waals surface area contributed by atoms with Crippen molar-refractivity contribution in [2.24, 2.45) is 0 Å². The second-order valence-electron chi connectivity index (χ2n) is 7.18. The molecule has 0 spiro atoms. The van der Waals surface area contributed by atoms with E-state index in [2.05, 4.69) is 12.1 Å². The molecule has 0 radical (unpaired) electrons. The molecule has 2 aliphatic heterocycles. The molecule has 4 rings (SSSR count). The fraction of sp³-hybridized carbons (Fsp3) is 0.304. The molecule has 1 saturated heterocycles. The summed E-state index contributed by atoms with van der Waals surface area (Å²) in [5, 5.41) is 9.32. The van der Waals surface area contributed by atoms with Crippen molar-refractivity contribution >= 4 is 6.09 Å². The van der Waals surface area contributed by atoms with Gasteiger partial charge in [-0.3, -0.25) is 4.90 Å². The van der Waals surface area contributed by atoms with Crippen molar-refractivity contribution < 1.29 is 14.3 Å². The Morgan fingerprint density at radius 2 is 1.93 bits per heavy atom. The van der Waals surface area contributed by atoms with E-state index in [9.17, 15) is 10.1 Å². The van der Waals surface area contributed by atoms with Crippen LogP contribution >= 0.6 is 0 Å².